The Morgan fingerprint density at radius 2 is 2.04 bits per heavy atom. The van der Waals surface area contributed by atoms with Gasteiger partial charge in [0.15, 0.2) is 0 Å². The van der Waals surface area contributed by atoms with Gasteiger partial charge >= 0.3 is 0 Å². The van der Waals surface area contributed by atoms with Crippen LogP contribution >= 0.6 is 28.3 Å². The standard InChI is InChI=1S/C14H18BrN3O3S.ClH/c15-11-6-9-3-4-14(19)17-12(9)7-13(11)22(20,21)18-10-2-1-5-16-8-10;/h6-7,10,16,18H,1-5,8H2,(H,17,19);1H. The predicted molar refractivity (Wildman–Crippen MR) is 94.6 cm³/mol. The molecule has 0 radical (unpaired) electrons. The molecule has 0 spiro atoms. The zero-order valence-electron chi connectivity index (χ0n) is 12.4. The van der Waals surface area contributed by atoms with E-state index in [2.05, 4.69) is 31.3 Å². The number of nitrogens with one attached hydrogen (secondary N) is 3. The van der Waals surface area contributed by atoms with Crippen molar-refractivity contribution in [1.82, 2.24) is 10.0 Å². The van der Waals surface area contributed by atoms with Gasteiger partial charge in [0.05, 0.1) is 4.90 Å². The third kappa shape index (κ3) is 4.24. The van der Waals surface area contributed by atoms with Crippen LogP contribution in [0, 0.1) is 0 Å². The summed E-state index contributed by atoms with van der Waals surface area (Å²) >= 11 is 3.34. The van der Waals surface area contributed by atoms with E-state index in [1.54, 1.807) is 6.07 Å². The molecule has 1 saturated heterocycles. The van der Waals surface area contributed by atoms with E-state index in [1.807, 2.05) is 0 Å². The molecule has 0 aliphatic carbocycles. The Morgan fingerprint density at radius 3 is 2.74 bits per heavy atom. The van der Waals surface area contributed by atoms with E-state index in [0.29, 0.717) is 29.5 Å². The fourth-order valence-electron chi connectivity index (χ4n) is 2.82. The zero-order valence-corrected chi connectivity index (χ0v) is 15.6. The lowest BCUT2D eigenvalue weighted by atomic mass is 10.0. The van der Waals surface area contributed by atoms with Gasteiger partial charge in [-0.25, -0.2) is 13.1 Å². The van der Waals surface area contributed by atoms with E-state index in [9.17, 15) is 13.2 Å². The van der Waals surface area contributed by atoms with E-state index >= 15 is 0 Å². The number of aryl methyl sites for hydroxylation is 1. The number of sulfonamides is 1. The van der Waals surface area contributed by atoms with Crippen molar-refractivity contribution in [2.24, 2.45) is 0 Å². The van der Waals surface area contributed by atoms with Gasteiger partial charge in [0.25, 0.3) is 0 Å². The molecular weight excluding hydrogens is 406 g/mol. The Balaban J connectivity index is 0.00000192. The van der Waals surface area contributed by atoms with E-state index in [1.165, 1.54) is 6.07 Å². The number of carbonyl (C=O) groups is 1. The summed E-state index contributed by atoms with van der Waals surface area (Å²) in [5.41, 5.74) is 1.53. The summed E-state index contributed by atoms with van der Waals surface area (Å²) < 4.78 is 28.5. The first-order valence-electron chi connectivity index (χ1n) is 7.31. The first-order valence-corrected chi connectivity index (χ1v) is 9.58. The highest BCUT2D eigenvalue weighted by Crippen LogP contribution is 2.32. The molecular formula is C14H19BrClN3O3S. The Labute approximate surface area is 150 Å². The second kappa shape index (κ2) is 7.48. The first kappa shape index (κ1) is 18.7. The molecule has 1 unspecified atom stereocenters. The van der Waals surface area contributed by atoms with Crippen LogP contribution in [0.1, 0.15) is 24.8 Å². The molecule has 23 heavy (non-hydrogen) atoms. The predicted octanol–water partition coefficient (Wildman–Crippen LogP) is 1.79. The summed E-state index contributed by atoms with van der Waals surface area (Å²) in [6.45, 7) is 1.56. The quantitative estimate of drug-likeness (QED) is 0.690. The number of hydrogen-bond acceptors (Lipinski definition) is 4. The number of piperidine rings is 1. The fourth-order valence-corrected chi connectivity index (χ4v) is 5.21. The van der Waals surface area contributed by atoms with E-state index in [-0.39, 0.29) is 29.3 Å². The van der Waals surface area contributed by atoms with Gasteiger partial charge in [-0.1, -0.05) is 0 Å². The molecule has 1 fully saturated rings. The highest BCUT2D eigenvalue weighted by Gasteiger charge is 2.26. The molecule has 1 aromatic carbocycles. The summed E-state index contributed by atoms with van der Waals surface area (Å²) in [5.74, 6) is -0.0809. The van der Waals surface area contributed by atoms with Gasteiger partial charge in [-0.3, -0.25) is 4.79 Å². The minimum Gasteiger partial charge on any atom is -0.326 e. The van der Waals surface area contributed by atoms with Gasteiger partial charge in [-0.15, -0.1) is 12.4 Å². The van der Waals surface area contributed by atoms with Crippen molar-refractivity contribution in [2.75, 3.05) is 18.4 Å². The summed E-state index contributed by atoms with van der Waals surface area (Å²) in [6.07, 6.45) is 2.83. The summed E-state index contributed by atoms with van der Waals surface area (Å²) in [4.78, 5) is 11.7. The second-order valence-corrected chi connectivity index (χ2v) is 8.19. The third-order valence-electron chi connectivity index (χ3n) is 3.96. The molecule has 3 rings (SSSR count). The molecule has 128 valence electrons. The Bertz CT molecular complexity index is 705. The number of carbonyl (C=O) groups excluding carboxylic acids is 1. The van der Waals surface area contributed by atoms with Gasteiger partial charge in [0, 0.05) is 29.2 Å². The number of hydrogen-bond donors (Lipinski definition) is 3. The Kier molecular flexibility index (Phi) is 6.07. The molecule has 0 saturated carbocycles. The SMILES string of the molecule is Cl.O=C1CCc2cc(Br)c(S(=O)(=O)NC3CCCNC3)cc2N1. The maximum absolute atomic E-state index is 12.6. The van der Waals surface area contributed by atoms with Crippen molar-refractivity contribution >= 4 is 50.0 Å². The first-order chi connectivity index (χ1) is 10.5. The van der Waals surface area contributed by atoms with Crippen LogP contribution in [0.25, 0.3) is 0 Å². The van der Waals surface area contributed by atoms with Gasteiger partial charge in [0.1, 0.15) is 0 Å². The van der Waals surface area contributed by atoms with E-state index < -0.39 is 10.0 Å². The fraction of sp³-hybridized carbons (Fsp3) is 0.500. The van der Waals surface area contributed by atoms with Crippen molar-refractivity contribution < 1.29 is 13.2 Å². The smallest absolute Gasteiger partial charge is 0.242 e. The molecule has 3 N–H and O–H groups in total. The van der Waals surface area contributed by atoms with Crippen LogP contribution in [0.15, 0.2) is 21.5 Å². The van der Waals surface area contributed by atoms with E-state index in [4.69, 9.17) is 0 Å². The van der Waals surface area contributed by atoms with Crippen LogP contribution in [0.5, 0.6) is 0 Å². The minimum absolute atomic E-state index is 0. The van der Waals surface area contributed by atoms with Crippen molar-refractivity contribution in [1.29, 1.82) is 0 Å². The average molecular weight is 425 g/mol. The molecule has 1 aromatic rings. The number of rotatable bonds is 3. The monoisotopic (exact) mass is 423 g/mol. The van der Waals surface area contributed by atoms with Crippen LogP contribution < -0.4 is 15.4 Å². The summed E-state index contributed by atoms with van der Waals surface area (Å²) in [5, 5.41) is 5.92. The van der Waals surface area contributed by atoms with Gasteiger partial charge in [-0.05, 0) is 59.4 Å². The van der Waals surface area contributed by atoms with Crippen molar-refractivity contribution in [3.05, 3.63) is 22.2 Å². The van der Waals surface area contributed by atoms with Gasteiger partial charge in [0.2, 0.25) is 15.9 Å². The highest BCUT2D eigenvalue weighted by molar-refractivity contribution is 9.10. The van der Waals surface area contributed by atoms with Crippen molar-refractivity contribution in [3.63, 3.8) is 0 Å². The Hall–Kier alpha value is -0.670. The lowest BCUT2D eigenvalue weighted by Gasteiger charge is -2.24. The van der Waals surface area contributed by atoms with E-state index in [0.717, 1.165) is 24.9 Å². The van der Waals surface area contributed by atoms with Crippen LogP contribution in [-0.4, -0.2) is 33.5 Å². The number of benzene rings is 1. The topological polar surface area (TPSA) is 87.3 Å². The van der Waals surface area contributed by atoms with Crippen LogP contribution in [-0.2, 0) is 21.2 Å². The summed E-state index contributed by atoms with van der Waals surface area (Å²) in [6, 6.07) is 3.22. The molecule has 1 atom stereocenters. The van der Waals surface area contributed by atoms with Crippen LogP contribution in [0.2, 0.25) is 0 Å². The third-order valence-corrected chi connectivity index (χ3v) is 6.44. The maximum atomic E-state index is 12.6. The number of fused-ring (bicyclic) bond motifs is 1. The average Bonchev–Trinajstić information content (AvgIpc) is 2.47. The minimum atomic E-state index is -3.63. The molecule has 1 amide bonds. The molecule has 2 aliphatic rings. The molecule has 9 heteroatoms. The van der Waals surface area contributed by atoms with Crippen molar-refractivity contribution in [2.45, 2.75) is 36.6 Å². The number of anilines is 1. The van der Waals surface area contributed by atoms with Gasteiger partial charge < -0.3 is 10.6 Å². The molecule has 2 aliphatic heterocycles. The van der Waals surface area contributed by atoms with Crippen LogP contribution in [0.3, 0.4) is 0 Å². The number of halogens is 2. The lowest BCUT2D eigenvalue weighted by Crippen LogP contribution is -2.45. The second-order valence-electron chi connectivity index (χ2n) is 5.65. The normalized spacial score (nSPS) is 21.1. The van der Waals surface area contributed by atoms with Crippen LogP contribution in [0.4, 0.5) is 5.69 Å². The lowest BCUT2D eigenvalue weighted by molar-refractivity contribution is -0.116. The molecule has 0 bridgehead atoms. The molecule has 2 heterocycles. The van der Waals surface area contributed by atoms with Crippen molar-refractivity contribution in [3.8, 4) is 0 Å². The zero-order chi connectivity index (χ0) is 15.7. The Morgan fingerprint density at radius 1 is 1.26 bits per heavy atom. The summed E-state index contributed by atoms with van der Waals surface area (Å²) in [7, 11) is -3.63. The largest absolute Gasteiger partial charge is 0.326 e. The maximum Gasteiger partial charge on any atom is 0.242 e. The molecule has 6 nitrogen and oxygen atoms in total. The van der Waals surface area contributed by atoms with Gasteiger partial charge in [-0.2, -0.15) is 0 Å². The molecule has 0 aromatic heterocycles. The highest BCUT2D eigenvalue weighted by atomic mass is 79.9. The number of amides is 1.